The molecule has 15 heavy (non-hydrogen) atoms. The van der Waals surface area contributed by atoms with Gasteiger partial charge in [-0.15, -0.1) is 0 Å². The summed E-state index contributed by atoms with van der Waals surface area (Å²) in [6.45, 7) is 0. The highest BCUT2D eigenvalue weighted by molar-refractivity contribution is 5.42. The fraction of sp³-hybridized carbons (Fsp3) is 0.583. The van der Waals surface area contributed by atoms with Crippen LogP contribution in [0.2, 0.25) is 0 Å². The molecule has 80 valence electrons. The van der Waals surface area contributed by atoms with Gasteiger partial charge in [-0.05, 0) is 37.7 Å². The van der Waals surface area contributed by atoms with E-state index in [9.17, 15) is 0 Å². The van der Waals surface area contributed by atoms with Gasteiger partial charge in [-0.2, -0.15) is 0 Å². The summed E-state index contributed by atoms with van der Waals surface area (Å²) in [7, 11) is 0. The summed E-state index contributed by atoms with van der Waals surface area (Å²) in [4.78, 5) is 0. The Bertz CT molecular complexity index is 345. The molecule has 0 aliphatic carbocycles. The van der Waals surface area contributed by atoms with Crippen LogP contribution in [0.3, 0.4) is 0 Å². The normalized spacial score (nSPS) is 35.1. The lowest BCUT2D eigenvalue weighted by Gasteiger charge is -2.27. The lowest BCUT2D eigenvalue weighted by Crippen LogP contribution is -2.39. The topological polar surface area (TPSA) is 38.1 Å². The standard InChI is InChI=1S/C12H16N2O/c1-3-10-4-6-12(14-10)9(1)2-5-11-7-8-13-15-11/h2,5,7-10,12,14H,1,3-4,6H2/b5-2-. The Labute approximate surface area is 89.5 Å². The van der Waals surface area contributed by atoms with E-state index in [0.717, 1.165) is 11.8 Å². The number of aromatic nitrogens is 1. The lowest BCUT2D eigenvalue weighted by atomic mass is 9.91. The van der Waals surface area contributed by atoms with E-state index in [2.05, 4.69) is 22.6 Å². The highest BCUT2D eigenvalue weighted by atomic mass is 16.5. The van der Waals surface area contributed by atoms with Gasteiger partial charge in [-0.3, -0.25) is 0 Å². The Kier molecular flexibility index (Phi) is 2.33. The van der Waals surface area contributed by atoms with E-state index in [1.807, 2.05) is 6.07 Å². The molecule has 2 fully saturated rings. The molecule has 3 heteroatoms. The second kappa shape index (κ2) is 3.81. The largest absolute Gasteiger partial charge is 0.357 e. The summed E-state index contributed by atoms with van der Waals surface area (Å²) in [5.41, 5.74) is 0. The molecule has 0 aromatic carbocycles. The van der Waals surface area contributed by atoms with Crippen LogP contribution in [0.25, 0.3) is 6.08 Å². The van der Waals surface area contributed by atoms with Crippen LogP contribution in [0.4, 0.5) is 0 Å². The van der Waals surface area contributed by atoms with Crippen molar-refractivity contribution >= 4 is 6.08 Å². The van der Waals surface area contributed by atoms with E-state index in [4.69, 9.17) is 4.52 Å². The van der Waals surface area contributed by atoms with E-state index in [-0.39, 0.29) is 0 Å². The van der Waals surface area contributed by atoms with Crippen LogP contribution >= 0.6 is 0 Å². The number of hydrogen-bond acceptors (Lipinski definition) is 3. The maximum atomic E-state index is 5.05. The second-order valence-electron chi connectivity index (χ2n) is 4.56. The molecule has 1 aromatic heterocycles. The van der Waals surface area contributed by atoms with Gasteiger partial charge >= 0.3 is 0 Å². The monoisotopic (exact) mass is 204 g/mol. The van der Waals surface area contributed by atoms with Crippen molar-refractivity contribution in [1.82, 2.24) is 10.5 Å². The molecule has 3 nitrogen and oxygen atoms in total. The maximum Gasteiger partial charge on any atom is 0.159 e. The average molecular weight is 204 g/mol. The van der Waals surface area contributed by atoms with Gasteiger partial charge in [0, 0.05) is 18.2 Å². The first kappa shape index (κ1) is 9.16. The van der Waals surface area contributed by atoms with Gasteiger partial charge in [0.15, 0.2) is 5.76 Å². The molecule has 1 N–H and O–H groups in total. The number of piperidine rings is 1. The first-order valence-electron chi connectivity index (χ1n) is 5.77. The summed E-state index contributed by atoms with van der Waals surface area (Å²) < 4.78 is 5.05. The van der Waals surface area contributed by atoms with Gasteiger partial charge in [0.1, 0.15) is 0 Å². The molecule has 0 radical (unpaired) electrons. The number of fused-ring (bicyclic) bond motifs is 2. The van der Waals surface area contributed by atoms with Gasteiger partial charge in [0.2, 0.25) is 0 Å². The average Bonchev–Trinajstić information content (AvgIpc) is 2.88. The van der Waals surface area contributed by atoms with Crippen LogP contribution in [-0.2, 0) is 0 Å². The van der Waals surface area contributed by atoms with Crippen molar-refractivity contribution in [2.45, 2.75) is 37.8 Å². The molecule has 0 amide bonds. The van der Waals surface area contributed by atoms with Gasteiger partial charge in [0.05, 0.1) is 6.20 Å². The third-order valence-electron chi connectivity index (χ3n) is 3.61. The summed E-state index contributed by atoms with van der Waals surface area (Å²) in [5.74, 6) is 1.53. The minimum absolute atomic E-state index is 0.675. The minimum Gasteiger partial charge on any atom is -0.357 e. The summed E-state index contributed by atoms with van der Waals surface area (Å²) in [5, 5.41) is 7.36. The predicted molar refractivity (Wildman–Crippen MR) is 58.2 cm³/mol. The van der Waals surface area contributed by atoms with Crippen molar-refractivity contribution in [3.63, 3.8) is 0 Å². The predicted octanol–water partition coefficient (Wildman–Crippen LogP) is 2.22. The molecule has 2 saturated heterocycles. The summed E-state index contributed by atoms with van der Waals surface area (Å²) in [6, 6.07) is 3.39. The van der Waals surface area contributed by atoms with Crippen LogP contribution in [0.1, 0.15) is 31.4 Å². The first-order chi connectivity index (χ1) is 7.42. The number of rotatable bonds is 2. The van der Waals surface area contributed by atoms with Gasteiger partial charge < -0.3 is 9.84 Å². The highest BCUT2D eigenvalue weighted by Crippen LogP contribution is 2.32. The molecule has 3 heterocycles. The van der Waals surface area contributed by atoms with Crippen LogP contribution in [0, 0.1) is 5.92 Å². The van der Waals surface area contributed by atoms with E-state index in [1.54, 1.807) is 6.20 Å². The Balaban J connectivity index is 1.68. The third-order valence-corrected chi connectivity index (χ3v) is 3.61. The number of hydrogen-bond donors (Lipinski definition) is 1. The maximum absolute atomic E-state index is 5.05. The van der Waals surface area contributed by atoms with Crippen molar-refractivity contribution in [2.75, 3.05) is 0 Å². The zero-order valence-corrected chi connectivity index (χ0v) is 8.73. The minimum atomic E-state index is 0.675. The summed E-state index contributed by atoms with van der Waals surface area (Å²) in [6.07, 6.45) is 11.3. The Morgan fingerprint density at radius 2 is 2.27 bits per heavy atom. The molecule has 3 rings (SSSR count). The van der Waals surface area contributed by atoms with E-state index in [1.165, 1.54) is 25.7 Å². The van der Waals surface area contributed by atoms with Crippen molar-refractivity contribution in [3.05, 3.63) is 24.1 Å². The second-order valence-corrected chi connectivity index (χ2v) is 4.56. The van der Waals surface area contributed by atoms with Crippen molar-refractivity contribution < 1.29 is 4.52 Å². The zero-order valence-electron chi connectivity index (χ0n) is 8.73. The molecule has 3 unspecified atom stereocenters. The smallest absolute Gasteiger partial charge is 0.159 e. The highest BCUT2D eigenvalue weighted by Gasteiger charge is 2.33. The number of nitrogens with one attached hydrogen (secondary N) is 1. The van der Waals surface area contributed by atoms with Crippen molar-refractivity contribution in [3.8, 4) is 0 Å². The fourth-order valence-corrected chi connectivity index (χ4v) is 2.77. The van der Waals surface area contributed by atoms with Crippen LogP contribution in [0.15, 0.2) is 22.9 Å². The fourth-order valence-electron chi connectivity index (χ4n) is 2.77. The lowest BCUT2D eigenvalue weighted by molar-refractivity contribution is 0.338. The molecule has 0 saturated carbocycles. The molecule has 0 spiro atoms. The third kappa shape index (κ3) is 1.84. The van der Waals surface area contributed by atoms with E-state index in [0.29, 0.717) is 12.0 Å². The van der Waals surface area contributed by atoms with E-state index < -0.39 is 0 Å². The molecule has 2 aliphatic heterocycles. The van der Waals surface area contributed by atoms with Gasteiger partial charge in [-0.1, -0.05) is 11.2 Å². The van der Waals surface area contributed by atoms with Gasteiger partial charge in [-0.25, -0.2) is 0 Å². The Morgan fingerprint density at radius 3 is 3.13 bits per heavy atom. The summed E-state index contributed by atoms with van der Waals surface area (Å²) >= 11 is 0. The molecule has 2 aliphatic rings. The van der Waals surface area contributed by atoms with Crippen LogP contribution in [0.5, 0.6) is 0 Å². The molecule has 3 atom stereocenters. The first-order valence-corrected chi connectivity index (χ1v) is 5.77. The van der Waals surface area contributed by atoms with E-state index >= 15 is 0 Å². The molecular formula is C12H16N2O. The van der Waals surface area contributed by atoms with Gasteiger partial charge in [0.25, 0.3) is 0 Å². The quantitative estimate of drug-likeness (QED) is 0.802. The zero-order chi connectivity index (χ0) is 10.1. The molecule has 2 bridgehead atoms. The van der Waals surface area contributed by atoms with Crippen LogP contribution in [-0.4, -0.2) is 17.2 Å². The number of nitrogens with zero attached hydrogens (tertiary/aromatic N) is 1. The molecular weight excluding hydrogens is 188 g/mol. The molecule has 1 aromatic rings. The van der Waals surface area contributed by atoms with Crippen molar-refractivity contribution in [2.24, 2.45) is 5.92 Å². The van der Waals surface area contributed by atoms with Crippen molar-refractivity contribution in [1.29, 1.82) is 0 Å². The van der Waals surface area contributed by atoms with Crippen LogP contribution < -0.4 is 5.32 Å². The Hall–Kier alpha value is -1.09. The Morgan fingerprint density at radius 1 is 1.33 bits per heavy atom. The SMILES string of the molecule is C(=C/C1CCC2CCC1N2)/c1ccno1.